The zero-order valence-electron chi connectivity index (χ0n) is 13.8. The molecular formula is C17H23N3O3. The molecule has 0 unspecified atom stereocenters. The van der Waals surface area contributed by atoms with Gasteiger partial charge in [-0.1, -0.05) is 19.1 Å². The Hall–Kier alpha value is -2.34. The third-order valence-corrected chi connectivity index (χ3v) is 3.36. The molecule has 6 heteroatoms. The molecule has 6 nitrogen and oxygen atoms in total. The molecule has 1 heterocycles. The predicted octanol–water partition coefficient (Wildman–Crippen LogP) is 2.23. The van der Waals surface area contributed by atoms with E-state index in [1.54, 1.807) is 24.8 Å². The Morgan fingerprint density at radius 3 is 2.61 bits per heavy atom. The summed E-state index contributed by atoms with van der Waals surface area (Å²) < 4.78 is 12.0. The first-order chi connectivity index (χ1) is 11.2. The maximum Gasteiger partial charge on any atom is 0.356 e. The lowest BCUT2D eigenvalue weighted by molar-refractivity contribution is 0.0512. The second-order valence-corrected chi connectivity index (χ2v) is 5.03. The average molecular weight is 317 g/mol. The Balaban J connectivity index is 2.22. The van der Waals surface area contributed by atoms with Gasteiger partial charge in [0.15, 0.2) is 0 Å². The Morgan fingerprint density at radius 2 is 2.00 bits per heavy atom. The molecule has 0 radical (unpaired) electrons. The van der Waals surface area contributed by atoms with E-state index in [1.165, 1.54) is 0 Å². The van der Waals surface area contributed by atoms with E-state index in [2.05, 4.69) is 10.4 Å². The topological polar surface area (TPSA) is 65.4 Å². The predicted molar refractivity (Wildman–Crippen MR) is 87.7 cm³/mol. The van der Waals surface area contributed by atoms with Gasteiger partial charge in [-0.25, -0.2) is 4.79 Å². The van der Waals surface area contributed by atoms with Crippen LogP contribution < -0.4 is 10.1 Å². The zero-order chi connectivity index (χ0) is 16.7. The van der Waals surface area contributed by atoms with E-state index in [1.807, 2.05) is 31.2 Å². The molecule has 0 atom stereocenters. The molecule has 1 aromatic carbocycles. The lowest BCUT2D eigenvalue weighted by Crippen LogP contribution is -2.14. The second-order valence-electron chi connectivity index (χ2n) is 5.03. The van der Waals surface area contributed by atoms with Crippen molar-refractivity contribution in [2.24, 2.45) is 0 Å². The SMILES string of the molecule is CCNCc1cc(C(=O)OCC)n(Cc2ccc(OC)cc2)n1. The molecule has 0 aliphatic heterocycles. The van der Waals surface area contributed by atoms with Crippen LogP contribution in [0.5, 0.6) is 5.75 Å². The van der Waals surface area contributed by atoms with Gasteiger partial charge in [0, 0.05) is 6.54 Å². The lowest BCUT2D eigenvalue weighted by atomic mass is 10.2. The van der Waals surface area contributed by atoms with Crippen molar-refractivity contribution in [1.29, 1.82) is 0 Å². The minimum Gasteiger partial charge on any atom is -0.497 e. The molecule has 0 aliphatic rings. The van der Waals surface area contributed by atoms with Crippen molar-refractivity contribution in [1.82, 2.24) is 15.1 Å². The summed E-state index contributed by atoms with van der Waals surface area (Å²) in [5.74, 6) is 0.448. The summed E-state index contributed by atoms with van der Waals surface area (Å²) in [7, 11) is 1.63. The van der Waals surface area contributed by atoms with E-state index < -0.39 is 0 Å². The molecule has 0 bridgehead atoms. The van der Waals surface area contributed by atoms with Crippen LogP contribution in [0.2, 0.25) is 0 Å². The number of methoxy groups -OCH3 is 1. The van der Waals surface area contributed by atoms with Gasteiger partial charge in [0.05, 0.1) is 26.0 Å². The van der Waals surface area contributed by atoms with Crippen molar-refractivity contribution in [3.8, 4) is 5.75 Å². The summed E-state index contributed by atoms with van der Waals surface area (Å²) in [5, 5.41) is 7.72. The van der Waals surface area contributed by atoms with E-state index in [9.17, 15) is 4.79 Å². The van der Waals surface area contributed by atoms with Crippen LogP contribution in [-0.2, 0) is 17.8 Å². The number of hydrogen-bond acceptors (Lipinski definition) is 5. The van der Waals surface area contributed by atoms with Crippen LogP contribution >= 0.6 is 0 Å². The van der Waals surface area contributed by atoms with Gasteiger partial charge in [0.1, 0.15) is 11.4 Å². The number of benzene rings is 1. The highest BCUT2D eigenvalue weighted by molar-refractivity contribution is 5.87. The standard InChI is InChI=1S/C17H23N3O3/c1-4-18-11-14-10-16(17(21)23-5-2)20(19-14)12-13-6-8-15(22-3)9-7-13/h6-10,18H,4-5,11-12H2,1-3H3. The minimum absolute atomic E-state index is 0.342. The number of carbonyl (C=O) groups excluding carboxylic acids is 1. The van der Waals surface area contributed by atoms with Crippen molar-refractivity contribution in [2.75, 3.05) is 20.3 Å². The summed E-state index contributed by atoms with van der Waals surface area (Å²) >= 11 is 0. The molecular weight excluding hydrogens is 294 g/mol. The molecule has 0 fully saturated rings. The third-order valence-electron chi connectivity index (χ3n) is 3.36. The fourth-order valence-electron chi connectivity index (χ4n) is 2.20. The van der Waals surface area contributed by atoms with Gasteiger partial charge < -0.3 is 14.8 Å². The third kappa shape index (κ3) is 4.56. The number of aromatic nitrogens is 2. The van der Waals surface area contributed by atoms with Crippen LogP contribution in [0.1, 0.15) is 35.6 Å². The van der Waals surface area contributed by atoms with Crippen LogP contribution in [0.4, 0.5) is 0 Å². The first-order valence-corrected chi connectivity index (χ1v) is 7.75. The molecule has 124 valence electrons. The van der Waals surface area contributed by atoms with Crippen LogP contribution in [0.15, 0.2) is 30.3 Å². The number of carbonyl (C=O) groups is 1. The molecule has 0 spiro atoms. The summed E-state index contributed by atoms with van der Waals surface area (Å²) in [5.41, 5.74) is 2.33. The Bertz CT molecular complexity index is 635. The number of esters is 1. The Labute approximate surface area is 136 Å². The van der Waals surface area contributed by atoms with E-state index in [4.69, 9.17) is 9.47 Å². The Morgan fingerprint density at radius 1 is 1.26 bits per heavy atom. The first-order valence-electron chi connectivity index (χ1n) is 7.75. The fourth-order valence-corrected chi connectivity index (χ4v) is 2.20. The van der Waals surface area contributed by atoms with Crippen molar-refractivity contribution >= 4 is 5.97 Å². The maximum absolute atomic E-state index is 12.1. The van der Waals surface area contributed by atoms with Crippen molar-refractivity contribution in [3.05, 3.63) is 47.3 Å². The van der Waals surface area contributed by atoms with Crippen LogP contribution in [0.3, 0.4) is 0 Å². The van der Waals surface area contributed by atoms with Gasteiger partial charge in [-0.15, -0.1) is 0 Å². The molecule has 23 heavy (non-hydrogen) atoms. The van der Waals surface area contributed by atoms with Gasteiger partial charge in [-0.2, -0.15) is 5.10 Å². The van der Waals surface area contributed by atoms with Gasteiger partial charge in [0.2, 0.25) is 0 Å². The highest BCUT2D eigenvalue weighted by Gasteiger charge is 2.16. The van der Waals surface area contributed by atoms with Crippen molar-refractivity contribution in [3.63, 3.8) is 0 Å². The van der Waals surface area contributed by atoms with Crippen LogP contribution in [-0.4, -0.2) is 36.0 Å². The van der Waals surface area contributed by atoms with Gasteiger partial charge in [-0.3, -0.25) is 4.68 Å². The second kappa shape index (κ2) is 8.33. The number of rotatable bonds is 8. The van der Waals surface area contributed by atoms with Gasteiger partial charge >= 0.3 is 5.97 Å². The van der Waals surface area contributed by atoms with Gasteiger partial charge in [0.25, 0.3) is 0 Å². The van der Waals surface area contributed by atoms with E-state index in [-0.39, 0.29) is 5.97 Å². The summed E-state index contributed by atoms with van der Waals surface area (Å²) in [6, 6.07) is 9.48. The highest BCUT2D eigenvalue weighted by Crippen LogP contribution is 2.14. The molecule has 1 N–H and O–H groups in total. The molecule has 1 aromatic heterocycles. The summed E-state index contributed by atoms with van der Waals surface area (Å²) in [6.45, 7) is 6.14. The van der Waals surface area contributed by atoms with Gasteiger partial charge in [-0.05, 0) is 37.2 Å². The average Bonchev–Trinajstić information content (AvgIpc) is 2.97. The molecule has 0 saturated heterocycles. The zero-order valence-corrected chi connectivity index (χ0v) is 13.8. The van der Waals surface area contributed by atoms with E-state index in [0.29, 0.717) is 25.4 Å². The Kier molecular flexibility index (Phi) is 6.17. The number of hydrogen-bond donors (Lipinski definition) is 1. The summed E-state index contributed by atoms with van der Waals surface area (Å²) in [6.07, 6.45) is 0. The number of nitrogens with zero attached hydrogens (tertiary/aromatic N) is 2. The molecule has 0 amide bonds. The smallest absolute Gasteiger partial charge is 0.356 e. The van der Waals surface area contributed by atoms with Crippen molar-refractivity contribution in [2.45, 2.75) is 26.9 Å². The summed E-state index contributed by atoms with van der Waals surface area (Å²) in [4.78, 5) is 12.1. The first kappa shape index (κ1) is 17.0. The monoisotopic (exact) mass is 317 g/mol. The quantitative estimate of drug-likeness (QED) is 0.756. The van der Waals surface area contributed by atoms with Crippen LogP contribution in [0, 0.1) is 0 Å². The number of ether oxygens (including phenoxy) is 2. The van der Waals surface area contributed by atoms with Crippen molar-refractivity contribution < 1.29 is 14.3 Å². The molecule has 0 saturated carbocycles. The minimum atomic E-state index is -0.351. The van der Waals surface area contributed by atoms with E-state index >= 15 is 0 Å². The normalized spacial score (nSPS) is 10.6. The molecule has 2 rings (SSSR count). The maximum atomic E-state index is 12.1. The van der Waals surface area contributed by atoms with E-state index in [0.717, 1.165) is 23.6 Å². The molecule has 0 aliphatic carbocycles. The lowest BCUT2D eigenvalue weighted by Gasteiger charge is -2.08. The van der Waals surface area contributed by atoms with Crippen LogP contribution in [0.25, 0.3) is 0 Å². The molecule has 2 aromatic rings. The number of nitrogens with one attached hydrogen (secondary N) is 1. The fraction of sp³-hybridized carbons (Fsp3) is 0.412. The highest BCUT2D eigenvalue weighted by atomic mass is 16.5. The largest absolute Gasteiger partial charge is 0.497 e.